The van der Waals surface area contributed by atoms with Crippen LogP contribution in [0.4, 0.5) is 11.4 Å². The largest absolute Gasteiger partial charge is 0.400 e. The van der Waals surface area contributed by atoms with Crippen LogP contribution >= 0.6 is 0 Å². The molecule has 7 N–H and O–H groups in total. The van der Waals surface area contributed by atoms with E-state index >= 15 is 0 Å². The highest BCUT2D eigenvalue weighted by Gasteiger charge is 2.48. The summed E-state index contributed by atoms with van der Waals surface area (Å²) in [5.74, 6) is -3.84. The molecule has 0 aromatic heterocycles. The van der Waals surface area contributed by atoms with E-state index in [4.69, 9.17) is 11.5 Å². The van der Waals surface area contributed by atoms with Gasteiger partial charge in [-0.2, -0.15) is 16.8 Å². The second kappa shape index (κ2) is 7.52. The maximum atomic E-state index is 13.3. The number of allylic oxidation sites excluding steroid dienone is 3. The number of ketones is 2. The summed E-state index contributed by atoms with van der Waals surface area (Å²) < 4.78 is 66.1. The van der Waals surface area contributed by atoms with Gasteiger partial charge in [0, 0.05) is 28.2 Å². The lowest BCUT2D eigenvalue weighted by molar-refractivity contribution is 0.0785. The highest BCUT2D eigenvalue weighted by Crippen LogP contribution is 2.42. The Labute approximate surface area is 188 Å². The van der Waals surface area contributed by atoms with Gasteiger partial charge in [-0.25, -0.2) is 0 Å². The standard InChI is InChI=1S/C20H17N3O8S2/c21-12-6-5-9(7-14(12)32(26,27)28)23-13-8-15(33(29,30)31)18(22)17-16(13)19(24)10-3-1-2-4-11(10)20(17)25/h1-8,16-17,23H,21-22H2,(H,26,27,28)(H,29,30,31). The van der Waals surface area contributed by atoms with Crippen molar-refractivity contribution in [1.82, 2.24) is 0 Å². The summed E-state index contributed by atoms with van der Waals surface area (Å²) in [6.07, 6.45) is 0.911. The van der Waals surface area contributed by atoms with Gasteiger partial charge in [-0.15, -0.1) is 0 Å². The summed E-state index contributed by atoms with van der Waals surface area (Å²) in [5, 5.41) is 2.72. The number of nitrogens with two attached hydrogens (primary N) is 2. The number of hydrogen-bond donors (Lipinski definition) is 5. The van der Waals surface area contributed by atoms with Crippen molar-refractivity contribution < 1.29 is 35.5 Å². The van der Waals surface area contributed by atoms with E-state index in [1.807, 2.05) is 0 Å². The summed E-state index contributed by atoms with van der Waals surface area (Å²) in [5.41, 5.74) is 10.9. The van der Waals surface area contributed by atoms with Gasteiger partial charge in [0.15, 0.2) is 11.6 Å². The van der Waals surface area contributed by atoms with Crippen LogP contribution in [-0.4, -0.2) is 37.5 Å². The molecule has 0 saturated carbocycles. The molecule has 2 aromatic carbocycles. The third kappa shape index (κ3) is 3.80. The molecule has 11 nitrogen and oxygen atoms in total. The summed E-state index contributed by atoms with van der Waals surface area (Å²) in [7, 11) is -9.58. The Kier molecular flexibility index (Phi) is 5.16. The van der Waals surface area contributed by atoms with Gasteiger partial charge in [-0.05, 0) is 24.3 Å². The van der Waals surface area contributed by atoms with E-state index in [2.05, 4.69) is 5.32 Å². The van der Waals surface area contributed by atoms with Gasteiger partial charge in [-0.1, -0.05) is 24.3 Å². The number of Topliss-reactive ketones (excluding diaryl/α,β-unsaturated/α-hetero) is 2. The Morgan fingerprint density at radius 2 is 1.39 bits per heavy atom. The molecule has 0 heterocycles. The van der Waals surface area contributed by atoms with Crippen molar-refractivity contribution in [1.29, 1.82) is 0 Å². The maximum absolute atomic E-state index is 13.3. The van der Waals surface area contributed by atoms with Crippen molar-refractivity contribution >= 4 is 43.2 Å². The summed E-state index contributed by atoms with van der Waals surface area (Å²) in [4.78, 5) is 25.1. The Morgan fingerprint density at radius 3 is 1.94 bits per heavy atom. The Bertz CT molecular complexity index is 1510. The minimum Gasteiger partial charge on any atom is -0.400 e. The fourth-order valence-electron chi connectivity index (χ4n) is 4.00. The van der Waals surface area contributed by atoms with Gasteiger partial charge in [0.05, 0.1) is 17.5 Å². The molecule has 0 saturated heterocycles. The summed E-state index contributed by atoms with van der Waals surface area (Å²) >= 11 is 0. The molecule has 33 heavy (non-hydrogen) atoms. The van der Waals surface area contributed by atoms with Gasteiger partial charge in [0.25, 0.3) is 20.2 Å². The van der Waals surface area contributed by atoms with E-state index in [1.165, 1.54) is 30.3 Å². The number of nitrogen functional groups attached to an aromatic ring is 1. The molecular weight excluding hydrogens is 474 g/mol. The van der Waals surface area contributed by atoms with E-state index in [-0.39, 0.29) is 28.2 Å². The topological polar surface area (TPSA) is 207 Å². The third-order valence-corrected chi connectivity index (χ3v) is 7.27. The van der Waals surface area contributed by atoms with Gasteiger partial charge < -0.3 is 16.8 Å². The van der Waals surface area contributed by atoms with Gasteiger partial charge >= 0.3 is 0 Å². The zero-order valence-electron chi connectivity index (χ0n) is 16.6. The number of carbonyl (C=O) groups excluding carboxylic acids is 2. The lowest BCUT2D eigenvalue weighted by Gasteiger charge is -2.36. The zero-order chi connectivity index (χ0) is 24.3. The molecule has 0 amide bonds. The number of fused-ring (bicyclic) bond motifs is 2. The van der Waals surface area contributed by atoms with Crippen LogP contribution in [-0.2, 0) is 20.2 Å². The number of anilines is 2. The summed E-state index contributed by atoms with van der Waals surface area (Å²) in [6, 6.07) is 9.42. The van der Waals surface area contributed by atoms with Gasteiger partial charge in [0.2, 0.25) is 0 Å². The van der Waals surface area contributed by atoms with Crippen molar-refractivity contribution in [2.24, 2.45) is 17.6 Å². The monoisotopic (exact) mass is 491 g/mol. The molecular formula is C20H17N3O8S2. The zero-order valence-corrected chi connectivity index (χ0v) is 18.2. The molecule has 2 aromatic rings. The van der Waals surface area contributed by atoms with Crippen LogP contribution in [0.3, 0.4) is 0 Å². The average Bonchev–Trinajstić information content (AvgIpc) is 2.72. The minimum atomic E-state index is -4.89. The quantitative estimate of drug-likeness (QED) is 0.303. The smallest absolute Gasteiger partial charge is 0.296 e. The Balaban J connectivity index is 1.91. The lowest BCUT2D eigenvalue weighted by Crippen LogP contribution is -2.44. The first-order valence-electron chi connectivity index (χ1n) is 9.31. The Hall–Kier alpha value is -3.52. The highest BCUT2D eigenvalue weighted by molar-refractivity contribution is 7.90. The molecule has 4 rings (SSSR count). The molecule has 13 heteroatoms. The molecule has 0 bridgehead atoms. The van der Waals surface area contributed by atoms with E-state index in [0.717, 1.165) is 12.1 Å². The number of rotatable bonds is 4. The van der Waals surface area contributed by atoms with Crippen molar-refractivity contribution in [2.45, 2.75) is 4.90 Å². The predicted octanol–water partition coefficient (Wildman–Crippen LogP) is 1.19. The fourth-order valence-corrected chi connectivity index (χ4v) is 5.34. The first-order valence-corrected chi connectivity index (χ1v) is 12.2. The molecule has 0 aliphatic heterocycles. The number of benzene rings is 2. The van der Waals surface area contributed by atoms with Crippen LogP contribution in [0.2, 0.25) is 0 Å². The maximum Gasteiger partial charge on any atom is 0.296 e. The molecule has 2 aliphatic carbocycles. The molecule has 0 radical (unpaired) electrons. The average molecular weight is 492 g/mol. The van der Waals surface area contributed by atoms with Gasteiger partial charge in [-0.3, -0.25) is 18.7 Å². The van der Waals surface area contributed by atoms with Crippen LogP contribution in [0.1, 0.15) is 20.7 Å². The summed E-state index contributed by atoms with van der Waals surface area (Å²) in [6.45, 7) is 0. The highest BCUT2D eigenvalue weighted by atomic mass is 32.2. The van der Waals surface area contributed by atoms with E-state index in [9.17, 15) is 35.5 Å². The minimum absolute atomic E-state index is 0.0103. The van der Waals surface area contributed by atoms with Crippen molar-refractivity contribution in [3.8, 4) is 0 Å². The van der Waals surface area contributed by atoms with E-state index in [1.54, 1.807) is 6.07 Å². The molecule has 0 spiro atoms. The fraction of sp³-hybridized carbons (Fsp3) is 0.100. The predicted molar refractivity (Wildman–Crippen MR) is 117 cm³/mol. The van der Waals surface area contributed by atoms with Crippen molar-refractivity contribution in [3.63, 3.8) is 0 Å². The molecule has 172 valence electrons. The lowest BCUT2D eigenvalue weighted by atomic mass is 9.69. The van der Waals surface area contributed by atoms with Crippen LogP contribution in [0.25, 0.3) is 0 Å². The SMILES string of the molecule is NC1=C(S(=O)(=O)O)C=C(Nc2ccc(N)c(S(=O)(=O)O)c2)C2C(=O)c3ccccc3C(=O)C12. The Morgan fingerprint density at radius 1 is 0.818 bits per heavy atom. The molecule has 0 fully saturated rings. The van der Waals surface area contributed by atoms with E-state index < -0.39 is 59.1 Å². The number of hydrogen-bond acceptors (Lipinski definition) is 9. The number of nitrogens with one attached hydrogen (secondary N) is 1. The molecule has 2 atom stereocenters. The third-order valence-electron chi connectivity index (χ3n) is 5.46. The first-order chi connectivity index (χ1) is 15.3. The molecule has 2 aliphatic rings. The first kappa shape index (κ1) is 22.7. The second-order valence-corrected chi connectivity index (χ2v) is 10.3. The van der Waals surface area contributed by atoms with Crippen LogP contribution in [0.5, 0.6) is 0 Å². The molecule has 2 unspecified atom stereocenters. The van der Waals surface area contributed by atoms with Crippen LogP contribution in [0, 0.1) is 11.8 Å². The van der Waals surface area contributed by atoms with Crippen molar-refractivity contribution in [3.05, 3.63) is 76.0 Å². The van der Waals surface area contributed by atoms with E-state index in [0.29, 0.717) is 0 Å². The van der Waals surface area contributed by atoms with Crippen LogP contribution in [0.15, 0.2) is 69.7 Å². The van der Waals surface area contributed by atoms with Crippen molar-refractivity contribution in [2.75, 3.05) is 11.1 Å². The van der Waals surface area contributed by atoms with Gasteiger partial charge in [0.1, 0.15) is 9.80 Å². The number of carbonyl (C=O) groups is 2. The second-order valence-electron chi connectivity index (χ2n) is 7.48. The van der Waals surface area contributed by atoms with Crippen LogP contribution < -0.4 is 16.8 Å². The normalized spacial score (nSPS) is 20.7.